The lowest BCUT2D eigenvalue weighted by molar-refractivity contribution is -0.126. The number of rotatable bonds is 3. The fourth-order valence-electron chi connectivity index (χ4n) is 2.14. The second kappa shape index (κ2) is 6.13. The van der Waals surface area contributed by atoms with Crippen LogP contribution in [0, 0.1) is 0 Å². The summed E-state index contributed by atoms with van der Waals surface area (Å²) in [4.78, 5) is 17.9. The van der Waals surface area contributed by atoms with E-state index in [-0.39, 0.29) is 11.9 Å². The van der Waals surface area contributed by atoms with E-state index in [1.807, 2.05) is 12.1 Å². The first-order chi connectivity index (χ1) is 8.70. The van der Waals surface area contributed by atoms with Gasteiger partial charge in [0.15, 0.2) is 0 Å². The number of hydrogen-bond acceptors (Lipinski definition) is 4. The lowest BCUT2D eigenvalue weighted by atomic mass is 10.1. The molecule has 1 amide bonds. The maximum Gasteiger partial charge on any atom is 0.238 e. The predicted octanol–water partition coefficient (Wildman–Crippen LogP) is 0.255. The van der Waals surface area contributed by atoms with E-state index in [2.05, 4.69) is 20.5 Å². The van der Waals surface area contributed by atoms with Gasteiger partial charge < -0.3 is 10.6 Å². The molecule has 2 heterocycles. The molecular formula is C12H17ClN4O. The largest absolute Gasteiger partial charge is 0.358 e. The minimum atomic E-state index is -0.129. The second-order valence-electron chi connectivity index (χ2n) is 4.29. The zero-order valence-electron chi connectivity index (χ0n) is 10.3. The highest BCUT2D eigenvalue weighted by Gasteiger charge is 2.27. The van der Waals surface area contributed by atoms with E-state index < -0.39 is 0 Å². The third-order valence-electron chi connectivity index (χ3n) is 3.08. The van der Waals surface area contributed by atoms with Crippen molar-refractivity contribution in [3.63, 3.8) is 0 Å². The minimum Gasteiger partial charge on any atom is -0.358 e. The van der Waals surface area contributed by atoms with E-state index >= 15 is 0 Å². The van der Waals surface area contributed by atoms with Gasteiger partial charge in [0.2, 0.25) is 5.91 Å². The molecule has 1 aliphatic rings. The van der Waals surface area contributed by atoms with Gasteiger partial charge in [0.25, 0.3) is 0 Å². The van der Waals surface area contributed by atoms with Gasteiger partial charge in [0.05, 0.1) is 0 Å². The number of piperazine rings is 1. The van der Waals surface area contributed by atoms with Crippen LogP contribution >= 0.6 is 11.6 Å². The van der Waals surface area contributed by atoms with Gasteiger partial charge in [-0.1, -0.05) is 11.6 Å². The number of nitrogens with zero attached hydrogens (tertiary/aromatic N) is 2. The summed E-state index contributed by atoms with van der Waals surface area (Å²) < 4.78 is 0. The van der Waals surface area contributed by atoms with E-state index in [1.54, 1.807) is 13.2 Å². The Labute approximate surface area is 112 Å². The molecule has 2 N–H and O–H groups in total. The SMILES string of the molecule is CNC(=O)C1CNCCN1Cc1ccnc(Cl)c1. The first-order valence-corrected chi connectivity index (χ1v) is 6.35. The lowest BCUT2D eigenvalue weighted by Crippen LogP contribution is -2.56. The average Bonchev–Trinajstić information content (AvgIpc) is 2.38. The molecule has 0 radical (unpaired) electrons. The standard InChI is InChI=1S/C12H17ClN4O/c1-14-12(18)10-7-15-4-5-17(10)8-9-2-3-16-11(13)6-9/h2-3,6,10,15H,4-5,7-8H2,1H3,(H,14,18). The molecule has 1 unspecified atom stereocenters. The Morgan fingerprint density at radius 3 is 3.28 bits per heavy atom. The quantitative estimate of drug-likeness (QED) is 0.772. The topological polar surface area (TPSA) is 57.3 Å². The van der Waals surface area contributed by atoms with E-state index in [9.17, 15) is 4.79 Å². The van der Waals surface area contributed by atoms with Crippen molar-refractivity contribution in [1.29, 1.82) is 0 Å². The monoisotopic (exact) mass is 268 g/mol. The van der Waals surface area contributed by atoms with Gasteiger partial charge in [0, 0.05) is 39.4 Å². The van der Waals surface area contributed by atoms with Crippen LogP contribution in [-0.4, -0.2) is 48.5 Å². The molecule has 0 bridgehead atoms. The molecule has 2 rings (SSSR count). The number of nitrogens with one attached hydrogen (secondary N) is 2. The fraction of sp³-hybridized carbons (Fsp3) is 0.500. The molecular weight excluding hydrogens is 252 g/mol. The van der Waals surface area contributed by atoms with Crippen LogP contribution in [0.5, 0.6) is 0 Å². The summed E-state index contributed by atoms with van der Waals surface area (Å²) in [6.07, 6.45) is 1.69. The molecule has 5 nitrogen and oxygen atoms in total. The van der Waals surface area contributed by atoms with Gasteiger partial charge in [0.1, 0.15) is 11.2 Å². The molecule has 0 aliphatic carbocycles. The molecule has 18 heavy (non-hydrogen) atoms. The van der Waals surface area contributed by atoms with Gasteiger partial charge in [-0.05, 0) is 17.7 Å². The van der Waals surface area contributed by atoms with E-state index in [1.165, 1.54) is 0 Å². The molecule has 0 aromatic carbocycles. The zero-order valence-corrected chi connectivity index (χ0v) is 11.1. The third kappa shape index (κ3) is 3.19. The van der Waals surface area contributed by atoms with Crippen molar-refractivity contribution in [2.45, 2.75) is 12.6 Å². The lowest BCUT2D eigenvalue weighted by Gasteiger charge is -2.34. The van der Waals surface area contributed by atoms with Crippen molar-refractivity contribution >= 4 is 17.5 Å². The van der Waals surface area contributed by atoms with Crippen LogP contribution in [0.3, 0.4) is 0 Å². The molecule has 1 saturated heterocycles. The molecule has 6 heteroatoms. The highest BCUT2D eigenvalue weighted by atomic mass is 35.5. The number of carbonyl (C=O) groups excluding carboxylic acids is 1. The number of aromatic nitrogens is 1. The molecule has 0 saturated carbocycles. The maximum atomic E-state index is 11.8. The van der Waals surface area contributed by atoms with E-state index in [0.717, 1.165) is 18.7 Å². The summed E-state index contributed by atoms with van der Waals surface area (Å²) >= 11 is 5.87. The van der Waals surface area contributed by atoms with Gasteiger partial charge in [-0.3, -0.25) is 9.69 Å². The molecule has 1 aromatic rings. The summed E-state index contributed by atoms with van der Waals surface area (Å²) in [5, 5.41) is 6.42. The summed E-state index contributed by atoms with van der Waals surface area (Å²) in [5.41, 5.74) is 1.07. The van der Waals surface area contributed by atoms with Crippen LogP contribution in [-0.2, 0) is 11.3 Å². The van der Waals surface area contributed by atoms with Crippen molar-refractivity contribution in [1.82, 2.24) is 20.5 Å². The molecule has 98 valence electrons. The number of likely N-dealkylation sites (N-methyl/N-ethyl adjacent to an activating group) is 1. The number of halogens is 1. The number of hydrogen-bond donors (Lipinski definition) is 2. The zero-order chi connectivity index (χ0) is 13.0. The van der Waals surface area contributed by atoms with Crippen LogP contribution in [0.4, 0.5) is 0 Å². The number of amides is 1. The van der Waals surface area contributed by atoms with Crippen molar-refractivity contribution < 1.29 is 4.79 Å². The molecule has 1 aromatic heterocycles. The van der Waals surface area contributed by atoms with Crippen LogP contribution in [0.15, 0.2) is 18.3 Å². The molecule has 1 atom stereocenters. The number of carbonyl (C=O) groups is 1. The normalized spacial score (nSPS) is 20.7. The molecule has 1 fully saturated rings. The first kappa shape index (κ1) is 13.3. The Bertz CT molecular complexity index is 426. The van der Waals surface area contributed by atoms with Crippen LogP contribution < -0.4 is 10.6 Å². The van der Waals surface area contributed by atoms with Crippen molar-refractivity contribution in [2.75, 3.05) is 26.7 Å². The predicted molar refractivity (Wildman–Crippen MR) is 70.4 cm³/mol. The average molecular weight is 269 g/mol. The van der Waals surface area contributed by atoms with Gasteiger partial charge in [-0.15, -0.1) is 0 Å². The summed E-state index contributed by atoms with van der Waals surface area (Å²) in [7, 11) is 1.67. The molecule has 1 aliphatic heterocycles. The van der Waals surface area contributed by atoms with Crippen molar-refractivity contribution in [3.8, 4) is 0 Å². The van der Waals surface area contributed by atoms with Crippen molar-refractivity contribution in [3.05, 3.63) is 29.0 Å². The molecule has 0 spiro atoms. The Balaban J connectivity index is 2.07. The van der Waals surface area contributed by atoms with Gasteiger partial charge in [-0.2, -0.15) is 0 Å². The maximum absolute atomic E-state index is 11.8. The second-order valence-corrected chi connectivity index (χ2v) is 4.68. The van der Waals surface area contributed by atoms with E-state index in [4.69, 9.17) is 11.6 Å². The summed E-state index contributed by atoms with van der Waals surface area (Å²) in [6, 6.07) is 3.63. The number of pyridine rings is 1. The highest BCUT2D eigenvalue weighted by molar-refractivity contribution is 6.29. The first-order valence-electron chi connectivity index (χ1n) is 5.97. The van der Waals surface area contributed by atoms with Gasteiger partial charge >= 0.3 is 0 Å². The van der Waals surface area contributed by atoms with Crippen LogP contribution in [0.1, 0.15) is 5.56 Å². The Morgan fingerprint density at radius 1 is 1.72 bits per heavy atom. The minimum absolute atomic E-state index is 0.0438. The third-order valence-corrected chi connectivity index (χ3v) is 3.29. The smallest absolute Gasteiger partial charge is 0.238 e. The van der Waals surface area contributed by atoms with Crippen LogP contribution in [0.25, 0.3) is 0 Å². The van der Waals surface area contributed by atoms with Crippen LogP contribution in [0.2, 0.25) is 5.15 Å². The summed E-state index contributed by atoms with van der Waals surface area (Å²) in [5.74, 6) is 0.0438. The Hall–Kier alpha value is -1.17. The van der Waals surface area contributed by atoms with Gasteiger partial charge in [-0.25, -0.2) is 4.98 Å². The highest BCUT2D eigenvalue weighted by Crippen LogP contribution is 2.13. The Morgan fingerprint density at radius 2 is 2.56 bits per heavy atom. The van der Waals surface area contributed by atoms with Crippen molar-refractivity contribution in [2.24, 2.45) is 0 Å². The Kier molecular flexibility index (Phi) is 4.52. The van der Waals surface area contributed by atoms with E-state index in [0.29, 0.717) is 18.2 Å². The summed E-state index contributed by atoms with van der Waals surface area (Å²) in [6.45, 7) is 3.13. The fourth-order valence-corrected chi connectivity index (χ4v) is 2.33.